The van der Waals surface area contributed by atoms with E-state index in [1.54, 1.807) is 0 Å². The number of aliphatic hydroxyl groups is 1. The van der Waals surface area contributed by atoms with Crippen molar-refractivity contribution in [2.45, 2.75) is 31.7 Å². The normalized spacial score (nSPS) is 20.7. The number of carbonyl (C=O) groups is 1. The van der Waals surface area contributed by atoms with Crippen LogP contribution >= 0.6 is 0 Å². The topological polar surface area (TPSA) is 49.8 Å². The van der Waals surface area contributed by atoms with Crippen LogP contribution in [0.4, 0.5) is 0 Å². The highest BCUT2D eigenvalue weighted by atomic mass is 16.5. The second-order valence-corrected chi connectivity index (χ2v) is 5.84. The van der Waals surface area contributed by atoms with Crippen LogP contribution in [0.3, 0.4) is 0 Å². The average molecular weight is 311 g/mol. The summed E-state index contributed by atoms with van der Waals surface area (Å²) in [6.45, 7) is 1.01. The predicted molar refractivity (Wildman–Crippen MR) is 87.5 cm³/mol. The Labute approximate surface area is 136 Å². The van der Waals surface area contributed by atoms with E-state index >= 15 is 0 Å². The van der Waals surface area contributed by atoms with Crippen molar-refractivity contribution in [2.24, 2.45) is 0 Å². The van der Waals surface area contributed by atoms with Crippen molar-refractivity contribution in [3.63, 3.8) is 0 Å². The van der Waals surface area contributed by atoms with Crippen molar-refractivity contribution in [1.29, 1.82) is 0 Å². The molecule has 1 heterocycles. The predicted octanol–water partition coefficient (Wildman–Crippen LogP) is 2.37. The standard InChI is InChI=1S/C19H21NO3/c21-13-17-11-18(20(17)12-15-7-3-1-4-8-15)19(22)23-14-16-9-5-2-6-10-16/h1-10,17-18,21H,11-14H2/t17-,18+/m1/s1. The van der Waals surface area contributed by atoms with E-state index in [0.717, 1.165) is 11.1 Å². The number of hydrogen-bond donors (Lipinski definition) is 1. The van der Waals surface area contributed by atoms with Crippen molar-refractivity contribution < 1.29 is 14.6 Å². The molecule has 2 aromatic carbocycles. The molecule has 0 saturated carbocycles. The first-order valence-corrected chi connectivity index (χ1v) is 7.89. The lowest BCUT2D eigenvalue weighted by Gasteiger charge is -2.46. The minimum Gasteiger partial charge on any atom is -0.460 e. The molecule has 2 aromatic rings. The summed E-state index contributed by atoms with van der Waals surface area (Å²) in [5.41, 5.74) is 2.11. The van der Waals surface area contributed by atoms with E-state index < -0.39 is 0 Å². The van der Waals surface area contributed by atoms with Crippen molar-refractivity contribution in [1.82, 2.24) is 4.90 Å². The molecule has 1 fully saturated rings. The fourth-order valence-electron chi connectivity index (χ4n) is 2.91. The summed E-state index contributed by atoms with van der Waals surface area (Å²) in [7, 11) is 0. The van der Waals surface area contributed by atoms with Crippen LogP contribution in [0.5, 0.6) is 0 Å². The van der Waals surface area contributed by atoms with E-state index in [2.05, 4.69) is 0 Å². The minimum atomic E-state index is -0.268. The molecule has 23 heavy (non-hydrogen) atoms. The lowest BCUT2D eigenvalue weighted by Crippen LogP contribution is -2.60. The Hall–Kier alpha value is -2.17. The first-order valence-electron chi connectivity index (χ1n) is 7.89. The van der Waals surface area contributed by atoms with Crippen molar-refractivity contribution in [3.8, 4) is 0 Å². The van der Waals surface area contributed by atoms with Crippen LogP contribution in [0.15, 0.2) is 60.7 Å². The van der Waals surface area contributed by atoms with Gasteiger partial charge in [0.15, 0.2) is 0 Å². The lowest BCUT2D eigenvalue weighted by atomic mass is 9.92. The van der Waals surface area contributed by atoms with Crippen LogP contribution in [0.25, 0.3) is 0 Å². The second-order valence-electron chi connectivity index (χ2n) is 5.84. The molecule has 4 nitrogen and oxygen atoms in total. The first kappa shape index (κ1) is 15.7. The molecule has 0 unspecified atom stereocenters. The third kappa shape index (κ3) is 3.78. The fourth-order valence-corrected chi connectivity index (χ4v) is 2.91. The monoisotopic (exact) mass is 311 g/mol. The Morgan fingerprint density at radius 2 is 1.65 bits per heavy atom. The maximum absolute atomic E-state index is 12.3. The van der Waals surface area contributed by atoms with Gasteiger partial charge in [-0.05, 0) is 17.5 Å². The molecule has 120 valence electrons. The molecule has 0 amide bonds. The Bertz CT molecular complexity index is 630. The van der Waals surface area contributed by atoms with Gasteiger partial charge >= 0.3 is 5.97 Å². The SMILES string of the molecule is O=C(OCc1ccccc1)[C@@H]1C[C@H](CO)N1Cc1ccccc1. The molecule has 0 aliphatic carbocycles. The van der Waals surface area contributed by atoms with Crippen LogP contribution in [0, 0.1) is 0 Å². The van der Waals surface area contributed by atoms with Gasteiger partial charge in [-0.2, -0.15) is 0 Å². The number of hydrogen-bond acceptors (Lipinski definition) is 4. The molecule has 0 radical (unpaired) electrons. The van der Waals surface area contributed by atoms with Crippen LogP contribution in [0.2, 0.25) is 0 Å². The van der Waals surface area contributed by atoms with Gasteiger partial charge < -0.3 is 9.84 Å². The van der Waals surface area contributed by atoms with Gasteiger partial charge in [0.1, 0.15) is 12.6 Å². The van der Waals surface area contributed by atoms with E-state index in [0.29, 0.717) is 19.6 Å². The van der Waals surface area contributed by atoms with Gasteiger partial charge in [-0.3, -0.25) is 9.69 Å². The third-order valence-corrected chi connectivity index (χ3v) is 4.28. The number of carbonyl (C=O) groups excluding carboxylic acids is 1. The van der Waals surface area contributed by atoms with Crippen molar-refractivity contribution >= 4 is 5.97 Å². The Morgan fingerprint density at radius 1 is 1.04 bits per heavy atom. The number of esters is 1. The minimum absolute atomic E-state index is 0.0319. The first-order chi connectivity index (χ1) is 11.3. The maximum atomic E-state index is 12.3. The summed E-state index contributed by atoms with van der Waals surface area (Å²) in [5, 5.41) is 9.45. The van der Waals surface area contributed by atoms with Crippen molar-refractivity contribution in [3.05, 3.63) is 71.8 Å². The van der Waals surface area contributed by atoms with Gasteiger partial charge in [0, 0.05) is 12.6 Å². The van der Waals surface area contributed by atoms with Crippen LogP contribution in [-0.2, 0) is 22.7 Å². The van der Waals surface area contributed by atoms with Gasteiger partial charge in [0.2, 0.25) is 0 Å². The van der Waals surface area contributed by atoms with Gasteiger partial charge in [0.25, 0.3) is 0 Å². The maximum Gasteiger partial charge on any atom is 0.323 e. The van der Waals surface area contributed by atoms with E-state index in [1.165, 1.54) is 0 Å². The molecule has 1 aliphatic heterocycles. The molecule has 0 aromatic heterocycles. The summed E-state index contributed by atoms with van der Waals surface area (Å²) < 4.78 is 5.43. The van der Waals surface area contributed by atoms with Crippen LogP contribution in [0.1, 0.15) is 17.5 Å². The van der Waals surface area contributed by atoms with E-state index in [9.17, 15) is 9.90 Å². The van der Waals surface area contributed by atoms with Gasteiger partial charge in [-0.1, -0.05) is 60.7 Å². The summed E-state index contributed by atoms with van der Waals surface area (Å²) in [6.07, 6.45) is 0.650. The molecule has 1 aliphatic rings. The number of rotatable bonds is 6. The van der Waals surface area contributed by atoms with Crippen LogP contribution < -0.4 is 0 Å². The fraction of sp³-hybridized carbons (Fsp3) is 0.316. The molecule has 1 saturated heterocycles. The number of nitrogens with zero attached hydrogens (tertiary/aromatic N) is 1. The quantitative estimate of drug-likeness (QED) is 0.832. The second kappa shape index (κ2) is 7.40. The van der Waals surface area contributed by atoms with E-state index in [1.807, 2.05) is 65.6 Å². The molecular formula is C19H21NO3. The average Bonchev–Trinajstić information content (AvgIpc) is 2.59. The Morgan fingerprint density at radius 3 is 2.26 bits per heavy atom. The number of ether oxygens (including phenoxy) is 1. The number of aliphatic hydroxyl groups excluding tert-OH is 1. The highest BCUT2D eigenvalue weighted by Gasteiger charge is 2.43. The molecule has 2 atom stereocenters. The molecule has 3 rings (SSSR count). The zero-order valence-electron chi connectivity index (χ0n) is 13.0. The smallest absolute Gasteiger partial charge is 0.323 e. The van der Waals surface area contributed by atoms with E-state index in [4.69, 9.17) is 4.74 Å². The lowest BCUT2D eigenvalue weighted by molar-refractivity contribution is -0.162. The molecule has 0 spiro atoms. The highest BCUT2D eigenvalue weighted by Crippen LogP contribution is 2.29. The van der Waals surface area contributed by atoms with Crippen LogP contribution in [-0.4, -0.2) is 34.7 Å². The van der Waals surface area contributed by atoms with Crippen molar-refractivity contribution in [2.75, 3.05) is 6.61 Å². The Kier molecular flexibility index (Phi) is 5.05. The van der Waals surface area contributed by atoms with E-state index in [-0.39, 0.29) is 24.7 Å². The zero-order chi connectivity index (χ0) is 16.1. The molecular weight excluding hydrogens is 290 g/mol. The summed E-state index contributed by atoms with van der Waals surface area (Å²) in [6, 6.07) is 19.4. The van der Waals surface area contributed by atoms with Gasteiger partial charge in [-0.15, -0.1) is 0 Å². The Balaban J connectivity index is 1.58. The highest BCUT2D eigenvalue weighted by molar-refractivity contribution is 5.77. The number of likely N-dealkylation sites (tertiary alicyclic amines) is 1. The van der Waals surface area contributed by atoms with Gasteiger partial charge in [0.05, 0.1) is 6.61 Å². The summed E-state index contributed by atoms with van der Waals surface area (Å²) in [5.74, 6) is -0.213. The zero-order valence-corrected chi connectivity index (χ0v) is 13.0. The summed E-state index contributed by atoms with van der Waals surface area (Å²) in [4.78, 5) is 14.3. The molecule has 0 bridgehead atoms. The number of benzene rings is 2. The summed E-state index contributed by atoms with van der Waals surface area (Å²) >= 11 is 0. The third-order valence-electron chi connectivity index (χ3n) is 4.28. The largest absolute Gasteiger partial charge is 0.460 e. The molecule has 1 N–H and O–H groups in total. The van der Waals surface area contributed by atoms with Gasteiger partial charge in [-0.25, -0.2) is 0 Å². The molecule has 4 heteroatoms.